The van der Waals surface area contributed by atoms with Crippen molar-refractivity contribution >= 4 is 6.01 Å². The Kier molecular flexibility index (Phi) is 3.96. The van der Waals surface area contributed by atoms with Crippen molar-refractivity contribution in [3.8, 4) is 0 Å². The highest BCUT2D eigenvalue weighted by atomic mass is 16.4. The zero-order chi connectivity index (χ0) is 12.3. The van der Waals surface area contributed by atoms with E-state index in [0.29, 0.717) is 30.8 Å². The number of aliphatic hydroxyl groups excluding tert-OH is 1. The lowest BCUT2D eigenvalue weighted by molar-refractivity contribution is 0.109. The van der Waals surface area contributed by atoms with Crippen LogP contribution in [-0.2, 0) is 6.42 Å². The number of aromatic nitrogens is 2. The standard InChI is InChI=1S/C11H20N4O2/c1-8(16)9-3-6-15(7-4-9)11-14-13-10(17-11)2-5-12/h8-9,16H,2-7,12H2,1H3. The Hall–Kier alpha value is -1.14. The fourth-order valence-corrected chi connectivity index (χ4v) is 2.17. The zero-order valence-corrected chi connectivity index (χ0v) is 10.2. The van der Waals surface area contributed by atoms with Gasteiger partial charge in [0.05, 0.1) is 6.10 Å². The van der Waals surface area contributed by atoms with Gasteiger partial charge in [0.25, 0.3) is 0 Å². The van der Waals surface area contributed by atoms with Gasteiger partial charge in [0.1, 0.15) is 0 Å². The Morgan fingerprint density at radius 3 is 2.76 bits per heavy atom. The Labute approximate surface area is 101 Å². The highest BCUT2D eigenvalue weighted by Crippen LogP contribution is 2.24. The van der Waals surface area contributed by atoms with Crippen molar-refractivity contribution in [3.63, 3.8) is 0 Å². The molecule has 6 heteroatoms. The summed E-state index contributed by atoms with van der Waals surface area (Å²) in [5.74, 6) is 0.984. The normalized spacial score (nSPS) is 19.6. The Morgan fingerprint density at radius 2 is 2.18 bits per heavy atom. The van der Waals surface area contributed by atoms with Gasteiger partial charge in [-0.15, -0.1) is 5.10 Å². The number of nitrogens with zero attached hydrogens (tertiary/aromatic N) is 3. The van der Waals surface area contributed by atoms with Gasteiger partial charge in [0.2, 0.25) is 5.89 Å². The molecule has 1 saturated heterocycles. The van der Waals surface area contributed by atoms with E-state index in [4.69, 9.17) is 10.2 Å². The topological polar surface area (TPSA) is 88.4 Å². The van der Waals surface area contributed by atoms with Crippen LogP contribution in [0.15, 0.2) is 4.42 Å². The maximum atomic E-state index is 9.52. The van der Waals surface area contributed by atoms with E-state index in [1.165, 1.54) is 0 Å². The number of piperidine rings is 1. The largest absolute Gasteiger partial charge is 0.408 e. The predicted octanol–water partition coefficient (Wildman–Crippen LogP) is 0.168. The monoisotopic (exact) mass is 240 g/mol. The number of anilines is 1. The van der Waals surface area contributed by atoms with Gasteiger partial charge < -0.3 is 20.2 Å². The summed E-state index contributed by atoms with van der Waals surface area (Å²) in [4.78, 5) is 2.08. The molecule has 17 heavy (non-hydrogen) atoms. The van der Waals surface area contributed by atoms with E-state index < -0.39 is 0 Å². The summed E-state index contributed by atoms with van der Waals surface area (Å²) in [7, 11) is 0. The first kappa shape index (κ1) is 12.3. The molecule has 1 aliphatic heterocycles. The minimum Gasteiger partial charge on any atom is -0.408 e. The van der Waals surface area contributed by atoms with Crippen molar-refractivity contribution < 1.29 is 9.52 Å². The molecule has 6 nitrogen and oxygen atoms in total. The number of hydrogen-bond donors (Lipinski definition) is 2. The molecule has 0 aromatic carbocycles. The number of hydrogen-bond acceptors (Lipinski definition) is 6. The molecule has 1 aromatic heterocycles. The molecule has 2 rings (SSSR count). The van der Waals surface area contributed by atoms with Crippen molar-refractivity contribution in [2.24, 2.45) is 11.7 Å². The second-order valence-corrected chi connectivity index (χ2v) is 4.58. The van der Waals surface area contributed by atoms with E-state index in [1.807, 2.05) is 6.92 Å². The van der Waals surface area contributed by atoms with Crippen LogP contribution in [0.25, 0.3) is 0 Å². The molecule has 1 atom stereocenters. The number of aliphatic hydroxyl groups is 1. The van der Waals surface area contributed by atoms with Gasteiger partial charge in [-0.25, -0.2) is 0 Å². The third kappa shape index (κ3) is 2.95. The summed E-state index contributed by atoms with van der Waals surface area (Å²) in [6.45, 7) is 4.10. The molecule has 1 unspecified atom stereocenters. The summed E-state index contributed by atoms with van der Waals surface area (Å²) in [5.41, 5.74) is 5.43. The van der Waals surface area contributed by atoms with Crippen molar-refractivity contribution in [1.82, 2.24) is 10.2 Å². The lowest BCUT2D eigenvalue weighted by Gasteiger charge is -2.31. The van der Waals surface area contributed by atoms with E-state index in [-0.39, 0.29) is 6.10 Å². The molecule has 1 aromatic rings. The Balaban J connectivity index is 1.91. The fourth-order valence-electron chi connectivity index (χ4n) is 2.17. The van der Waals surface area contributed by atoms with Gasteiger partial charge in [0.15, 0.2) is 0 Å². The summed E-state index contributed by atoms with van der Waals surface area (Å²) < 4.78 is 5.52. The van der Waals surface area contributed by atoms with Gasteiger partial charge in [-0.3, -0.25) is 0 Å². The van der Waals surface area contributed by atoms with Crippen molar-refractivity contribution in [1.29, 1.82) is 0 Å². The van der Waals surface area contributed by atoms with Crippen LogP contribution < -0.4 is 10.6 Å². The van der Waals surface area contributed by atoms with Crippen LogP contribution in [-0.4, -0.2) is 41.0 Å². The van der Waals surface area contributed by atoms with Gasteiger partial charge in [0, 0.05) is 26.1 Å². The second kappa shape index (κ2) is 5.46. The number of rotatable bonds is 4. The van der Waals surface area contributed by atoms with Crippen LogP contribution in [0.2, 0.25) is 0 Å². The summed E-state index contributed by atoms with van der Waals surface area (Å²) >= 11 is 0. The molecule has 0 radical (unpaired) electrons. The first-order valence-corrected chi connectivity index (χ1v) is 6.16. The molecule has 3 N–H and O–H groups in total. The molecule has 0 aliphatic carbocycles. The van der Waals surface area contributed by atoms with Crippen LogP contribution in [0.4, 0.5) is 6.01 Å². The van der Waals surface area contributed by atoms with Crippen molar-refractivity contribution in [2.45, 2.75) is 32.3 Å². The van der Waals surface area contributed by atoms with Gasteiger partial charge in [-0.2, -0.15) is 0 Å². The molecule has 1 fully saturated rings. The Bertz CT molecular complexity index is 345. The van der Waals surface area contributed by atoms with Gasteiger partial charge in [-0.1, -0.05) is 5.10 Å². The first-order chi connectivity index (χ1) is 8.20. The maximum Gasteiger partial charge on any atom is 0.318 e. The third-order valence-electron chi connectivity index (χ3n) is 3.31. The molecule has 96 valence electrons. The van der Waals surface area contributed by atoms with Crippen molar-refractivity contribution in [3.05, 3.63) is 5.89 Å². The zero-order valence-electron chi connectivity index (χ0n) is 10.2. The van der Waals surface area contributed by atoms with Crippen LogP contribution >= 0.6 is 0 Å². The summed E-state index contributed by atoms with van der Waals surface area (Å²) in [5, 5.41) is 17.5. The molecular weight excluding hydrogens is 220 g/mol. The van der Waals surface area contributed by atoms with E-state index >= 15 is 0 Å². The van der Waals surface area contributed by atoms with E-state index in [1.54, 1.807) is 0 Å². The van der Waals surface area contributed by atoms with Gasteiger partial charge >= 0.3 is 6.01 Å². The first-order valence-electron chi connectivity index (χ1n) is 6.16. The quantitative estimate of drug-likeness (QED) is 0.780. The lowest BCUT2D eigenvalue weighted by Crippen LogP contribution is -2.37. The molecule has 2 heterocycles. The third-order valence-corrected chi connectivity index (χ3v) is 3.31. The average molecular weight is 240 g/mol. The van der Waals surface area contributed by atoms with Crippen LogP contribution in [0.3, 0.4) is 0 Å². The van der Waals surface area contributed by atoms with E-state index in [9.17, 15) is 5.11 Å². The van der Waals surface area contributed by atoms with Crippen LogP contribution in [0, 0.1) is 5.92 Å². The molecule has 0 saturated carbocycles. The maximum absolute atomic E-state index is 9.52. The molecule has 0 amide bonds. The minimum absolute atomic E-state index is 0.229. The highest BCUT2D eigenvalue weighted by molar-refractivity contribution is 5.24. The SMILES string of the molecule is CC(O)C1CCN(c2nnc(CCN)o2)CC1. The minimum atomic E-state index is -0.229. The molecule has 0 spiro atoms. The highest BCUT2D eigenvalue weighted by Gasteiger charge is 2.25. The predicted molar refractivity (Wildman–Crippen MR) is 63.7 cm³/mol. The number of nitrogens with two attached hydrogens (primary N) is 1. The smallest absolute Gasteiger partial charge is 0.318 e. The average Bonchev–Trinajstić information content (AvgIpc) is 2.78. The fraction of sp³-hybridized carbons (Fsp3) is 0.818. The molecular formula is C11H20N4O2. The van der Waals surface area contributed by atoms with E-state index in [2.05, 4.69) is 15.1 Å². The van der Waals surface area contributed by atoms with Crippen LogP contribution in [0.5, 0.6) is 0 Å². The lowest BCUT2D eigenvalue weighted by atomic mass is 9.92. The summed E-state index contributed by atoms with van der Waals surface area (Å²) in [6, 6.07) is 0.581. The Morgan fingerprint density at radius 1 is 1.47 bits per heavy atom. The van der Waals surface area contributed by atoms with Crippen molar-refractivity contribution in [2.75, 3.05) is 24.5 Å². The van der Waals surface area contributed by atoms with E-state index in [0.717, 1.165) is 25.9 Å². The summed E-state index contributed by atoms with van der Waals surface area (Å²) in [6.07, 6.45) is 2.32. The second-order valence-electron chi connectivity index (χ2n) is 4.58. The van der Waals surface area contributed by atoms with Gasteiger partial charge in [-0.05, 0) is 25.7 Å². The van der Waals surface area contributed by atoms with Crippen LogP contribution in [0.1, 0.15) is 25.7 Å². The molecule has 0 bridgehead atoms. The molecule has 1 aliphatic rings.